The van der Waals surface area contributed by atoms with E-state index in [9.17, 15) is 0 Å². The molecular weight excluding hydrogens is 404 g/mol. The zero-order chi connectivity index (χ0) is 21.4. The van der Waals surface area contributed by atoms with E-state index in [0.29, 0.717) is 0 Å². The lowest BCUT2D eigenvalue weighted by molar-refractivity contribution is 0.660. The summed E-state index contributed by atoms with van der Waals surface area (Å²) in [4.78, 5) is 2.70. The molecule has 1 aliphatic carbocycles. The highest BCUT2D eigenvalue weighted by molar-refractivity contribution is 7.99. The van der Waals surface area contributed by atoms with Crippen LogP contribution in [0.25, 0.3) is 44.2 Å². The highest BCUT2D eigenvalue weighted by Gasteiger charge is 2.35. The molecule has 0 spiro atoms. The third kappa shape index (κ3) is 2.35. The first kappa shape index (κ1) is 18.3. The van der Waals surface area contributed by atoms with E-state index < -0.39 is 0 Å². The summed E-state index contributed by atoms with van der Waals surface area (Å²) in [5.41, 5.74) is 10.9. The zero-order valence-corrected chi connectivity index (χ0v) is 19.0. The zero-order valence-electron chi connectivity index (χ0n) is 18.1. The summed E-state index contributed by atoms with van der Waals surface area (Å²) >= 11 is 1.89. The monoisotopic (exact) mass is 426 g/mol. The van der Waals surface area contributed by atoms with Gasteiger partial charge in [-0.05, 0) is 68.1 Å². The Morgan fingerprint density at radius 2 is 1.25 bits per heavy atom. The van der Waals surface area contributed by atoms with Gasteiger partial charge in [-0.3, -0.25) is 0 Å². The van der Waals surface area contributed by atoms with Crippen molar-refractivity contribution in [1.82, 2.24) is 0 Å². The van der Waals surface area contributed by atoms with Crippen LogP contribution >= 0.6 is 11.8 Å². The van der Waals surface area contributed by atoms with Crippen LogP contribution in [0.1, 0.15) is 25.0 Å². The second kappa shape index (κ2) is 6.37. The molecule has 1 heteroatoms. The molecule has 0 nitrogen and oxygen atoms in total. The van der Waals surface area contributed by atoms with Crippen molar-refractivity contribution in [2.45, 2.75) is 29.1 Å². The van der Waals surface area contributed by atoms with Gasteiger partial charge in [-0.2, -0.15) is 0 Å². The molecule has 2 aliphatic rings. The summed E-state index contributed by atoms with van der Waals surface area (Å²) in [6.45, 7) is 4.71. The van der Waals surface area contributed by atoms with E-state index in [4.69, 9.17) is 0 Å². The van der Waals surface area contributed by atoms with Gasteiger partial charge in [0.05, 0.1) is 0 Å². The maximum absolute atomic E-state index is 2.43. The lowest BCUT2D eigenvalue weighted by atomic mass is 9.81. The van der Waals surface area contributed by atoms with E-state index in [1.807, 2.05) is 11.8 Å². The largest absolute Gasteiger partial charge is 0.0888 e. The molecule has 1 aliphatic heterocycles. The van der Waals surface area contributed by atoms with Gasteiger partial charge in [0, 0.05) is 20.6 Å². The lowest BCUT2D eigenvalue weighted by Gasteiger charge is -2.23. The first-order valence-corrected chi connectivity index (χ1v) is 12.0. The maximum atomic E-state index is 2.43. The standard InChI is InChI=1S/C31H22S/c1-31(2)26-12-5-3-8-21(26)22-15-14-19(18-27(22)31)20-16-17-29-30-24(20)10-7-11-25(30)23-9-4-6-13-28(23)32-29/h3-18H,1-2H3. The smallest absolute Gasteiger partial charge is 0.0207 e. The van der Waals surface area contributed by atoms with Crippen molar-refractivity contribution in [2.75, 3.05) is 0 Å². The third-order valence-electron chi connectivity index (χ3n) is 7.29. The van der Waals surface area contributed by atoms with Crippen LogP contribution in [0.5, 0.6) is 0 Å². The second-order valence-electron chi connectivity index (χ2n) is 9.37. The highest BCUT2D eigenvalue weighted by atomic mass is 32.2. The molecule has 5 aromatic rings. The van der Waals surface area contributed by atoms with E-state index in [1.54, 1.807) is 0 Å². The fraction of sp³-hybridized carbons (Fsp3) is 0.0968. The summed E-state index contributed by atoms with van der Waals surface area (Å²) < 4.78 is 0. The van der Waals surface area contributed by atoms with Crippen molar-refractivity contribution < 1.29 is 0 Å². The Balaban J connectivity index is 1.47. The van der Waals surface area contributed by atoms with Gasteiger partial charge in [0.25, 0.3) is 0 Å². The van der Waals surface area contributed by atoms with Gasteiger partial charge in [0.15, 0.2) is 0 Å². The topological polar surface area (TPSA) is 0 Å². The van der Waals surface area contributed by atoms with E-state index in [1.165, 1.54) is 65.1 Å². The molecule has 0 saturated carbocycles. The van der Waals surface area contributed by atoms with Crippen molar-refractivity contribution in [3.05, 3.63) is 108 Å². The van der Waals surface area contributed by atoms with Crippen LogP contribution in [0, 0.1) is 0 Å². The van der Waals surface area contributed by atoms with Crippen LogP contribution in [0.15, 0.2) is 107 Å². The van der Waals surface area contributed by atoms with Crippen LogP contribution in [-0.4, -0.2) is 0 Å². The second-order valence-corrected chi connectivity index (χ2v) is 10.5. The molecule has 0 bridgehead atoms. The molecule has 0 N–H and O–H groups in total. The van der Waals surface area contributed by atoms with Crippen LogP contribution in [0.2, 0.25) is 0 Å². The summed E-state index contributed by atoms with van der Waals surface area (Å²) in [6.07, 6.45) is 0. The Kier molecular flexibility index (Phi) is 3.64. The maximum Gasteiger partial charge on any atom is 0.0207 e. The lowest BCUT2D eigenvalue weighted by Crippen LogP contribution is -2.14. The molecule has 32 heavy (non-hydrogen) atoms. The molecule has 7 rings (SSSR count). The number of hydrogen-bond donors (Lipinski definition) is 0. The Bertz CT molecular complexity index is 1570. The van der Waals surface area contributed by atoms with Crippen molar-refractivity contribution in [2.24, 2.45) is 0 Å². The Labute approximate surface area is 192 Å². The fourth-order valence-electron chi connectivity index (χ4n) is 5.70. The molecule has 0 aromatic heterocycles. The number of fused-ring (bicyclic) bond motifs is 5. The van der Waals surface area contributed by atoms with Crippen LogP contribution in [0.4, 0.5) is 0 Å². The Hall–Kier alpha value is -3.29. The molecule has 0 saturated heterocycles. The molecule has 0 fully saturated rings. The van der Waals surface area contributed by atoms with Gasteiger partial charge in [0.2, 0.25) is 0 Å². The minimum Gasteiger partial charge on any atom is -0.0888 e. The predicted octanol–water partition coefficient (Wildman–Crippen LogP) is 8.94. The number of benzene rings is 5. The SMILES string of the molecule is CC1(C)c2ccccc2-c2ccc(-c3ccc4c5c(cccc35)-c3ccccc3S4)cc21. The van der Waals surface area contributed by atoms with E-state index in [0.717, 1.165) is 0 Å². The van der Waals surface area contributed by atoms with Gasteiger partial charge in [-0.25, -0.2) is 0 Å². The minimum atomic E-state index is 0.0169. The molecule has 0 amide bonds. The summed E-state index contributed by atoms with van der Waals surface area (Å²) in [5.74, 6) is 0. The molecule has 0 atom stereocenters. The van der Waals surface area contributed by atoms with Crippen molar-refractivity contribution in [3.63, 3.8) is 0 Å². The third-order valence-corrected chi connectivity index (χ3v) is 8.43. The molecular formula is C31H22S. The van der Waals surface area contributed by atoms with Gasteiger partial charge < -0.3 is 0 Å². The molecule has 152 valence electrons. The molecule has 0 unspecified atom stereocenters. The highest BCUT2D eigenvalue weighted by Crippen LogP contribution is 2.52. The van der Waals surface area contributed by atoms with Gasteiger partial charge >= 0.3 is 0 Å². The van der Waals surface area contributed by atoms with Crippen molar-refractivity contribution >= 4 is 22.5 Å². The number of hydrogen-bond acceptors (Lipinski definition) is 1. The molecule has 1 heterocycles. The molecule has 5 aromatic carbocycles. The van der Waals surface area contributed by atoms with E-state index >= 15 is 0 Å². The van der Waals surface area contributed by atoms with Gasteiger partial charge in [-0.15, -0.1) is 0 Å². The predicted molar refractivity (Wildman–Crippen MR) is 137 cm³/mol. The normalized spacial score (nSPS) is 14.7. The van der Waals surface area contributed by atoms with Crippen molar-refractivity contribution in [3.8, 4) is 33.4 Å². The Morgan fingerprint density at radius 1 is 0.531 bits per heavy atom. The molecule has 0 radical (unpaired) electrons. The quantitative estimate of drug-likeness (QED) is 0.253. The van der Waals surface area contributed by atoms with Crippen LogP contribution < -0.4 is 0 Å². The van der Waals surface area contributed by atoms with Crippen LogP contribution in [0.3, 0.4) is 0 Å². The minimum absolute atomic E-state index is 0.0169. The summed E-state index contributed by atoms with van der Waals surface area (Å²) in [5, 5.41) is 2.73. The average Bonchev–Trinajstić information content (AvgIpc) is 3.06. The first-order chi connectivity index (χ1) is 15.6. The first-order valence-electron chi connectivity index (χ1n) is 11.2. The fourth-order valence-corrected chi connectivity index (χ4v) is 6.83. The van der Waals surface area contributed by atoms with Gasteiger partial charge in [-0.1, -0.05) is 104 Å². The van der Waals surface area contributed by atoms with Gasteiger partial charge in [0.1, 0.15) is 0 Å². The summed E-state index contributed by atoms with van der Waals surface area (Å²) in [7, 11) is 0. The van der Waals surface area contributed by atoms with E-state index in [-0.39, 0.29) is 5.41 Å². The Morgan fingerprint density at radius 3 is 2.16 bits per heavy atom. The summed E-state index contributed by atoms with van der Waals surface area (Å²) in [6, 6.07) is 36.1. The van der Waals surface area contributed by atoms with Crippen LogP contribution in [-0.2, 0) is 5.41 Å². The van der Waals surface area contributed by atoms with E-state index in [2.05, 4.69) is 111 Å². The average molecular weight is 427 g/mol. The van der Waals surface area contributed by atoms with Crippen molar-refractivity contribution in [1.29, 1.82) is 0 Å². The number of rotatable bonds is 1.